The zero-order chi connectivity index (χ0) is 11.7. The van der Waals surface area contributed by atoms with Gasteiger partial charge >= 0.3 is 12.1 Å². The summed E-state index contributed by atoms with van der Waals surface area (Å²) in [4.78, 5) is 23.3. The van der Waals surface area contributed by atoms with Crippen molar-refractivity contribution < 1.29 is 9.59 Å². The number of urea groups is 2. The second kappa shape index (κ2) is 7.39. The molecule has 0 saturated heterocycles. The molecule has 0 aromatic rings. The summed E-state index contributed by atoms with van der Waals surface area (Å²) in [5.74, 6) is 0. The second-order valence-corrected chi connectivity index (χ2v) is 2.43. The number of carbonyl (C=O) groups is 2. The first-order valence-electron chi connectivity index (χ1n) is 4.16. The van der Waals surface area contributed by atoms with Crippen LogP contribution in [0.1, 0.15) is 0 Å². The number of amides is 4. The van der Waals surface area contributed by atoms with Gasteiger partial charge in [0.05, 0.1) is 0 Å². The van der Waals surface area contributed by atoms with Crippen LogP contribution >= 0.6 is 0 Å². The molecular weight excluding hydrogens is 198 g/mol. The minimum atomic E-state index is -0.628. The van der Waals surface area contributed by atoms with Crippen LogP contribution in [0.15, 0.2) is 25.2 Å². The normalized spacial score (nSPS) is 9.47. The minimum Gasteiger partial charge on any atom is -0.328 e. The molecule has 0 saturated carbocycles. The lowest BCUT2D eigenvalue weighted by Gasteiger charge is -2.12. The first-order chi connectivity index (χ1) is 7.11. The van der Waals surface area contributed by atoms with Crippen molar-refractivity contribution in [2.24, 2.45) is 0 Å². The van der Waals surface area contributed by atoms with Crippen LogP contribution < -0.4 is 21.5 Å². The molecule has 0 rings (SSSR count). The molecule has 0 aliphatic rings. The number of hydrazine groups is 1. The fraction of sp³-hybridized carbons (Fsp3) is 0.250. The Kier molecular flexibility index (Phi) is 6.39. The van der Waals surface area contributed by atoms with Gasteiger partial charge in [-0.1, -0.05) is 6.58 Å². The highest BCUT2D eigenvalue weighted by Crippen LogP contribution is 1.84. The van der Waals surface area contributed by atoms with Crippen LogP contribution in [0.3, 0.4) is 0 Å². The van der Waals surface area contributed by atoms with Gasteiger partial charge in [0.25, 0.3) is 0 Å². The van der Waals surface area contributed by atoms with Gasteiger partial charge in [0, 0.05) is 26.5 Å². The van der Waals surface area contributed by atoms with Crippen LogP contribution in [0.25, 0.3) is 0 Å². The van der Waals surface area contributed by atoms with E-state index in [-0.39, 0.29) is 0 Å². The Morgan fingerprint density at radius 1 is 1.40 bits per heavy atom. The molecule has 0 aliphatic heterocycles. The van der Waals surface area contributed by atoms with E-state index in [0.29, 0.717) is 0 Å². The monoisotopic (exact) mass is 213 g/mol. The molecule has 4 N–H and O–H groups in total. The summed E-state index contributed by atoms with van der Waals surface area (Å²) in [5.41, 5.74) is 5.28. The Bertz CT molecular complexity index is 264. The van der Waals surface area contributed by atoms with Gasteiger partial charge in [-0.3, -0.25) is 5.32 Å². The van der Waals surface area contributed by atoms with Gasteiger partial charge in [0.2, 0.25) is 0 Å². The van der Waals surface area contributed by atoms with E-state index in [4.69, 9.17) is 0 Å². The Morgan fingerprint density at radius 2 is 2.07 bits per heavy atom. The molecule has 0 aromatic carbocycles. The zero-order valence-electron chi connectivity index (χ0n) is 8.70. The predicted octanol–water partition coefficient (Wildman–Crippen LogP) is -0.324. The maximum atomic E-state index is 11.2. The molecule has 0 radical (unpaired) electrons. The van der Waals surface area contributed by atoms with Crippen LogP contribution in [-0.4, -0.2) is 31.1 Å². The molecule has 4 amide bonds. The first kappa shape index (κ1) is 13.0. The van der Waals surface area contributed by atoms with Crippen LogP contribution in [-0.2, 0) is 0 Å². The predicted molar refractivity (Wildman–Crippen MR) is 56.4 cm³/mol. The number of nitrogens with zero attached hydrogens (tertiary/aromatic N) is 1. The number of imide groups is 1. The zero-order valence-corrected chi connectivity index (χ0v) is 8.70. The smallest absolute Gasteiger partial charge is 0.328 e. The summed E-state index contributed by atoms with van der Waals surface area (Å²) < 4.78 is 0. The van der Waals surface area contributed by atoms with Gasteiger partial charge in [-0.2, -0.15) is 0 Å². The third kappa shape index (κ3) is 6.11. The second-order valence-electron chi connectivity index (χ2n) is 2.43. The number of carbonyl (C=O) groups excluding carboxylic acids is 2. The topological polar surface area (TPSA) is 85.5 Å². The summed E-state index contributed by atoms with van der Waals surface area (Å²) in [6.07, 6.45) is 4.14. The average Bonchev–Trinajstić information content (AvgIpc) is 2.18. The van der Waals surface area contributed by atoms with Crippen molar-refractivity contribution in [1.82, 2.24) is 26.4 Å². The van der Waals surface area contributed by atoms with Crippen molar-refractivity contribution in [3.63, 3.8) is 0 Å². The third-order valence-corrected chi connectivity index (χ3v) is 1.30. The molecule has 0 bridgehead atoms. The molecule has 15 heavy (non-hydrogen) atoms. The Balaban J connectivity index is 3.98. The molecule has 7 heteroatoms. The maximum absolute atomic E-state index is 11.2. The summed E-state index contributed by atoms with van der Waals surface area (Å²) in [6.45, 7) is 3.28. The number of hydrogen-bond acceptors (Lipinski definition) is 4. The lowest BCUT2D eigenvalue weighted by atomic mass is 10.7. The third-order valence-electron chi connectivity index (χ3n) is 1.30. The van der Waals surface area contributed by atoms with E-state index in [9.17, 15) is 9.59 Å². The standard InChI is InChI=1S/C8H15N5O2/c1-4-10-7(14)12-8(15)13(3)6-5-11-9-2/h4-6,9,11H,1H2,2-3H3,(H2,10,12,14,15)/b6-5-. The van der Waals surface area contributed by atoms with E-state index in [2.05, 4.69) is 28.1 Å². The first-order valence-corrected chi connectivity index (χ1v) is 4.16. The highest BCUT2D eigenvalue weighted by molar-refractivity contribution is 5.93. The largest absolute Gasteiger partial charge is 0.329 e. The number of hydrogen-bond donors (Lipinski definition) is 4. The van der Waals surface area contributed by atoms with Crippen LogP contribution in [0, 0.1) is 0 Å². The van der Waals surface area contributed by atoms with Crippen molar-refractivity contribution in [1.29, 1.82) is 0 Å². The van der Waals surface area contributed by atoms with E-state index in [1.165, 1.54) is 30.5 Å². The van der Waals surface area contributed by atoms with Crippen molar-refractivity contribution in [3.05, 3.63) is 25.2 Å². The van der Waals surface area contributed by atoms with Gasteiger partial charge in [0.1, 0.15) is 0 Å². The van der Waals surface area contributed by atoms with Crippen molar-refractivity contribution in [2.45, 2.75) is 0 Å². The Hall–Kier alpha value is -2.02. The number of nitrogens with one attached hydrogen (secondary N) is 4. The molecule has 7 nitrogen and oxygen atoms in total. The summed E-state index contributed by atoms with van der Waals surface area (Å²) >= 11 is 0. The van der Waals surface area contributed by atoms with Gasteiger partial charge in [-0.15, -0.1) is 0 Å². The fourth-order valence-electron chi connectivity index (χ4n) is 0.614. The van der Waals surface area contributed by atoms with Crippen molar-refractivity contribution in [2.75, 3.05) is 14.1 Å². The summed E-state index contributed by atoms with van der Waals surface area (Å²) in [7, 11) is 3.19. The van der Waals surface area contributed by atoms with E-state index >= 15 is 0 Å². The minimum absolute atomic E-state index is 0.552. The average molecular weight is 213 g/mol. The molecule has 0 aliphatic carbocycles. The molecular formula is C8H15N5O2. The van der Waals surface area contributed by atoms with Gasteiger partial charge < -0.3 is 15.6 Å². The Labute approximate surface area is 88.2 Å². The van der Waals surface area contributed by atoms with Crippen molar-refractivity contribution >= 4 is 12.1 Å². The quantitative estimate of drug-likeness (QED) is 0.482. The number of rotatable bonds is 4. The van der Waals surface area contributed by atoms with E-state index in [1.807, 2.05) is 0 Å². The molecule has 0 spiro atoms. The molecule has 0 atom stereocenters. The van der Waals surface area contributed by atoms with Crippen LogP contribution in [0.2, 0.25) is 0 Å². The van der Waals surface area contributed by atoms with E-state index in [0.717, 1.165) is 0 Å². The SMILES string of the molecule is C=CNC(=O)NC(=O)N(C)/C=C\NNC. The molecule has 0 aromatic heterocycles. The van der Waals surface area contributed by atoms with Crippen molar-refractivity contribution in [3.8, 4) is 0 Å². The highest BCUT2D eigenvalue weighted by atomic mass is 16.2. The van der Waals surface area contributed by atoms with E-state index in [1.54, 1.807) is 7.05 Å². The molecule has 0 unspecified atom stereocenters. The fourth-order valence-corrected chi connectivity index (χ4v) is 0.614. The highest BCUT2D eigenvalue weighted by Gasteiger charge is 2.08. The van der Waals surface area contributed by atoms with Gasteiger partial charge in [-0.05, 0) is 6.20 Å². The lowest BCUT2D eigenvalue weighted by Crippen LogP contribution is -2.42. The lowest BCUT2D eigenvalue weighted by molar-refractivity contribution is 0.215. The molecule has 0 fully saturated rings. The van der Waals surface area contributed by atoms with E-state index < -0.39 is 12.1 Å². The van der Waals surface area contributed by atoms with Crippen LogP contribution in [0.5, 0.6) is 0 Å². The summed E-state index contributed by atoms with van der Waals surface area (Å²) in [6, 6.07) is -1.18. The van der Waals surface area contributed by atoms with Gasteiger partial charge in [-0.25, -0.2) is 15.0 Å². The maximum Gasteiger partial charge on any atom is 0.329 e. The Morgan fingerprint density at radius 3 is 2.60 bits per heavy atom. The molecule has 84 valence electrons. The van der Waals surface area contributed by atoms with Crippen LogP contribution in [0.4, 0.5) is 9.59 Å². The summed E-state index contributed by atoms with van der Waals surface area (Å²) in [5, 5.41) is 4.29. The van der Waals surface area contributed by atoms with Gasteiger partial charge in [0.15, 0.2) is 0 Å². The molecule has 0 heterocycles.